The molecular formula is C14H18ClNO3. The average molecular weight is 284 g/mol. The van der Waals surface area contributed by atoms with E-state index in [-0.39, 0.29) is 18.2 Å². The third kappa shape index (κ3) is 5.30. The van der Waals surface area contributed by atoms with E-state index in [0.717, 1.165) is 5.56 Å². The molecule has 0 fully saturated rings. The van der Waals surface area contributed by atoms with Crippen LogP contribution in [0.15, 0.2) is 18.2 Å². The maximum absolute atomic E-state index is 11.9. The Morgan fingerprint density at radius 1 is 1.42 bits per heavy atom. The van der Waals surface area contributed by atoms with Crippen molar-refractivity contribution in [1.29, 1.82) is 0 Å². The van der Waals surface area contributed by atoms with E-state index >= 15 is 0 Å². The molecule has 0 aliphatic heterocycles. The number of rotatable bonds is 6. The summed E-state index contributed by atoms with van der Waals surface area (Å²) in [5.74, 6) is -0.934. The second kappa shape index (κ2) is 7.14. The number of halogens is 1. The predicted octanol–water partition coefficient (Wildman–Crippen LogP) is 2.88. The fourth-order valence-electron chi connectivity index (χ4n) is 1.64. The van der Waals surface area contributed by atoms with Gasteiger partial charge in [0.2, 0.25) is 0 Å². The molecule has 1 amide bonds. The van der Waals surface area contributed by atoms with Crippen molar-refractivity contribution < 1.29 is 14.7 Å². The van der Waals surface area contributed by atoms with Crippen LogP contribution in [0.2, 0.25) is 5.02 Å². The lowest BCUT2D eigenvalue weighted by Crippen LogP contribution is -2.28. The fourth-order valence-corrected chi connectivity index (χ4v) is 1.96. The van der Waals surface area contributed by atoms with Gasteiger partial charge in [0.15, 0.2) is 0 Å². The second-order valence-corrected chi connectivity index (χ2v) is 5.14. The lowest BCUT2D eigenvalue weighted by Gasteiger charge is -2.12. The number of hydrogen-bond donors (Lipinski definition) is 2. The molecule has 0 saturated heterocycles. The minimum Gasteiger partial charge on any atom is -0.481 e. The molecule has 0 aliphatic rings. The smallest absolute Gasteiger partial charge is 0.303 e. The quantitative estimate of drug-likeness (QED) is 0.843. The summed E-state index contributed by atoms with van der Waals surface area (Å²) in [6, 6.07) is 5.26. The third-order valence-corrected chi connectivity index (χ3v) is 3.14. The van der Waals surface area contributed by atoms with Gasteiger partial charge in [-0.2, -0.15) is 0 Å². The molecule has 1 rings (SSSR count). The Balaban J connectivity index is 2.49. The summed E-state index contributed by atoms with van der Waals surface area (Å²) >= 11 is 6.00. The van der Waals surface area contributed by atoms with E-state index < -0.39 is 5.97 Å². The number of benzene rings is 1. The molecule has 2 N–H and O–H groups in total. The van der Waals surface area contributed by atoms with E-state index in [4.69, 9.17) is 16.7 Å². The van der Waals surface area contributed by atoms with Crippen molar-refractivity contribution >= 4 is 23.5 Å². The van der Waals surface area contributed by atoms with Crippen LogP contribution in [0.25, 0.3) is 0 Å². The number of aliphatic carboxylic acids is 1. The van der Waals surface area contributed by atoms with Gasteiger partial charge >= 0.3 is 5.97 Å². The SMILES string of the molecule is Cc1ccc(C(=O)NCC(C)CCC(=O)O)c(Cl)c1. The number of amides is 1. The number of carbonyl (C=O) groups is 2. The molecule has 104 valence electrons. The molecule has 0 bridgehead atoms. The van der Waals surface area contributed by atoms with Crippen LogP contribution >= 0.6 is 11.6 Å². The maximum atomic E-state index is 11.9. The summed E-state index contributed by atoms with van der Waals surface area (Å²) in [6.07, 6.45) is 0.652. The number of aryl methyl sites for hydroxylation is 1. The predicted molar refractivity (Wildman–Crippen MR) is 74.6 cm³/mol. The molecular weight excluding hydrogens is 266 g/mol. The fraction of sp³-hybridized carbons (Fsp3) is 0.429. The molecule has 1 aromatic rings. The summed E-state index contributed by atoms with van der Waals surface area (Å²) in [5.41, 5.74) is 1.44. The highest BCUT2D eigenvalue weighted by Crippen LogP contribution is 2.17. The highest BCUT2D eigenvalue weighted by molar-refractivity contribution is 6.33. The van der Waals surface area contributed by atoms with E-state index in [9.17, 15) is 9.59 Å². The molecule has 4 nitrogen and oxygen atoms in total. The first-order valence-corrected chi connectivity index (χ1v) is 6.54. The van der Waals surface area contributed by atoms with Crippen molar-refractivity contribution in [2.24, 2.45) is 5.92 Å². The lowest BCUT2D eigenvalue weighted by molar-refractivity contribution is -0.137. The lowest BCUT2D eigenvalue weighted by atomic mass is 10.1. The number of carboxylic acid groups (broad SMARTS) is 1. The Labute approximate surface area is 117 Å². The van der Waals surface area contributed by atoms with Gasteiger partial charge in [-0.05, 0) is 37.0 Å². The van der Waals surface area contributed by atoms with Crippen molar-refractivity contribution in [2.45, 2.75) is 26.7 Å². The van der Waals surface area contributed by atoms with Crippen LogP contribution in [-0.4, -0.2) is 23.5 Å². The molecule has 19 heavy (non-hydrogen) atoms. The molecule has 0 heterocycles. The minimum atomic E-state index is -0.820. The molecule has 1 atom stereocenters. The zero-order valence-corrected chi connectivity index (χ0v) is 11.8. The maximum Gasteiger partial charge on any atom is 0.303 e. The third-order valence-electron chi connectivity index (χ3n) is 2.83. The highest BCUT2D eigenvalue weighted by atomic mass is 35.5. The first-order chi connectivity index (χ1) is 8.90. The summed E-state index contributed by atoms with van der Waals surface area (Å²) in [7, 11) is 0. The van der Waals surface area contributed by atoms with Crippen molar-refractivity contribution in [3.63, 3.8) is 0 Å². The normalized spacial score (nSPS) is 11.9. The molecule has 1 unspecified atom stereocenters. The first kappa shape index (κ1) is 15.5. The molecule has 0 spiro atoms. The van der Waals surface area contributed by atoms with Crippen LogP contribution < -0.4 is 5.32 Å². The van der Waals surface area contributed by atoms with Gasteiger partial charge in [0, 0.05) is 13.0 Å². The molecule has 0 aliphatic carbocycles. The van der Waals surface area contributed by atoms with E-state index in [1.165, 1.54) is 0 Å². The Hall–Kier alpha value is -1.55. The van der Waals surface area contributed by atoms with Crippen LogP contribution in [0, 0.1) is 12.8 Å². The second-order valence-electron chi connectivity index (χ2n) is 4.73. The van der Waals surface area contributed by atoms with Crippen molar-refractivity contribution in [3.8, 4) is 0 Å². The summed E-state index contributed by atoms with van der Waals surface area (Å²) < 4.78 is 0. The zero-order valence-electron chi connectivity index (χ0n) is 11.1. The van der Waals surface area contributed by atoms with Crippen molar-refractivity contribution in [1.82, 2.24) is 5.32 Å². The highest BCUT2D eigenvalue weighted by Gasteiger charge is 2.12. The van der Waals surface area contributed by atoms with Crippen LogP contribution in [-0.2, 0) is 4.79 Å². The van der Waals surface area contributed by atoms with Crippen LogP contribution in [0.3, 0.4) is 0 Å². The van der Waals surface area contributed by atoms with Crippen molar-refractivity contribution in [3.05, 3.63) is 34.3 Å². The standard InChI is InChI=1S/C14H18ClNO3/c1-9-3-5-11(12(15)7-9)14(19)16-8-10(2)4-6-13(17)18/h3,5,7,10H,4,6,8H2,1-2H3,(H,16,19)(H,17,18). The van der Waals surface area contributed by atoms with E-state index in [1.54, 1.807) is 12.1 Å². The first-order valence-electron chi connectivity index (χ1n) is 6.16. The summed E-state index contributed by atoms with van der Waals surface area (Å²) in [6.45, 7) is 4.25. The Morgan fingerprint density at radius 3 is 2.68 bits per heavy atom. The Kier molecular flexibility index (Phi) is 5.83. The zero-order chi connectivity index (χ0) is 14.4. The molecule has 0 radical (unpaired) electrons. The van der Waals surface area contributed by atoms with Crippen molar-refractivity contribution in [2.75, 3.05) is 6.54 Å². The van der Waals surface area contributed by atoms with E-state index in [0.29, 0.717) is 23.6 Å². The number of hydrogen-bond acceptors (Lipinski definition) is 2. The number of nitrogens with one attached hydrogen (secondary N) is 1. The van der Waals surface area contributed by atoms with Crippen LogP contribution in [0.5, 0.6) is 0 Å². The van der Waals surface area contributed by atoms with Gasteiger partial charge in [0.1, 0.15) is 0 Å². The van der Waals surface area contributed by atoms with Gasteiger partial charge in [0.05, 0.1) is 10.6 Å². The summed E-state index contributed by atoms with van der Waals surface area (Å²) in [4.78, 5) is 22.3. The van der Waals surface area contributed by atoms with Crippen LogP contribution in [0.4, 0.5) is 0 Å². The summed E-state index contributed by atoms with van der Waals surface area (Å²) in [5, 5.41) is 11.8. The van der Waals surface area contributed by atoms with Gasteiger partial charge in [-0.25, -0.2) is 0 Å². The van der Waals surface area contributed by atoms with E-state index in [1.807, 2.05) is 19.9 Å². The molecule has 0 saturated carbocycles. The van der Waals surface area contributed by atoms with Gasteiger partial charge < -0.3 is 10.4 Å². The van der Waals surface area contributed by atoms with Gasteiger partial charge in [-0.15, -0.1) is 0 Å². The molecule has 0 aromatic heterocycles. The largest absolute Gasteiger partial charge is 0.481 e. The number of carbonyl (C=O) groups excluding carboxylic acids is 1. The minimum absolute atomic E-state index is 0.113. The molecule has 1 aromatic carbocycles. The molecule has 5 heteroatoms. The van der Waals surface area contributed by atoms with E-state index in [2.05, 4.69) is 5.32 Å². The van der Waals surface area contributed by atoms with Gasteiger partial charge in [-0.1, -0.05) is 24.6 Å². The van der Waals surface area contributed by atoms with Crippen LogP contribution in [0.1, 0.15) is 35.7 Å². The van der Waals surface area contributed by atoms with Gasteiger partial charge in [0.25, 0.3) is 5.91 Å². The van der Waals surface area contributed by atoms with Gasteiger partial charge in [-0.3, -0.25) is 9.59 Å². The monoisotopic (exact) mass is 283 g/mol. The Bertz CT molecular complexity index is 474. The number of carboxylic acids is 1. The topological polar surface area (TPSA) is 66.4 Å². The average Bonchev–Trinajstić information content (AvgIpc) is 2.33. The Morgan fingerprint density at radius 2 is 2.11 bits per heavy atom.